The number of nitrogens with zero attached hydrogens (tertiary/aromatic N) is 1. The Morgan fingerprint density at radius 1 is 1.10 bits per heavy atom. The van der Waals surface area contributed by atoms with Crippen molar-refractivity contribution in [2.45, 2.75) is 44.2 Å². The summed E-state index contributed by atoms with van der Waals surface area (Å²) >= 11 is 6.54. The second-order valence-electron chi connectivity index (χ2n) is 11.4. The number of aromatic nitrogens is 1. The van der Waals surface area contributed by atoms with Crippen LogP contribution in [0.5, 0.6) is 0 Å². The molecule has 5 atom stereocenters. The Balaban J connectivity index is 1.29. The number of amides is 3. The van der Waals surface area contributed by atoms with Crippen LogP contribution in [0, 0.1) is 17.8 Å². The third-order valence-corrected chi connectivity index (χ3v) is 9.35. The molecule has 41 heavy (non-hydrogen) atoms. The zero-order chi connectivity index (χ0) is 28.7. The molecule has 0 radical (unpaired) electrons. The van der Waals surface area contributed by atoms with Crippen LogP contribution >= 0.6 is 11.6 Å². The van der Waals surface area contributed by atoms with E-state index in [-0.39, 0.29) is 30.1 Å². The third kappa shape index (κ3) is 5.13. The van der Waals surface area contributed by atoms with Gasteiger partial charge >= 0.3 is 0 Å². The summed E-state index contributed by atoms with van der Waals surface area (Å²) in [7, 11) is 0. The van der Waals surface area contributed by atoms with E-state index in [0.717, 1.165) is 41.3 Å². The average Bonchev–Trinajstić information content (AvgIpc) is 3.77. The Labute approximate surface area is 242 Å². The van der Waals surface area contributed by atoms with Gasteiger partial charge in [0, 0.05) is 30.0 Å². The number of carbonyl (C=O) groups excluding carboxylic acids is 4. The van der Waals surface area contributed by atoms with Crippen molar-refractivity contribution in [3.05, 3.63) is 59.2 Å². The molecule has 1 aromatic heterocycles. The number of fused-ring (bicyclic) bond motifs is 2. The number of H-pyrrole nitrogens is 1. The molecular formula is C31H33ClN4O5. The first-order valence-corrected chi connectivity index (χ1v) is 14.6. The van der Waals surface area contributed by atoms with Crippen molar-refractivity contribution in [3.8, 4) is 11.1 Å². The van der Waals surface area contributed by atoms with Crippen molar-refractivity contribution in [2.24, 2.45) is 17.8 Å². The molecular weight excluding hydrogens is 544 g/mol. The summed E-state index contributed by atoms with van der Waals surface area (Å²) in [6.45, 7) is 0.227. The van der Waals surface area contributed by atoms with Crippen molar-refractivity contribution in [1.29, 1.82) is 0 Å². The van der Waals surface area contributed by atoms with E-state index >= 15 is 0 Å². The first-order valence-electron chi connectivity index (χ1n) is 14.2. The van der Waals surface area contributed by atoms with E-state index in [1.54, 1.807) is 11.0 Å². The lowest BCUT2D eigenvalue weighted by Crippen LogP contribution is -2.53. The number of nitrogens with one attached hydrogen (secondary N) is 3. The number of carbonyl (C=O) groups is 4. The van der Waals surface area contributed by atoms with Gasteiger partial charge in [0.05, 0.1) is 16.6 Å². The van der Waals surface area contributed by atoms with E-state index in [4.69, 9.17) is 11.6 Å². The summed E-state index contributed by atoms with van der Waals surface area (Å²) < 4.78 is 0. The molecule has 3 aliphatic rings. The van der Waals surface area contributed by atoms with Crippen LogP contribution in [0.2, 0.25) is 5.02 Å². The molecule has 10 heteroatoms. The van der Waals surface area contributed by atoms with E-state index in [2.05, 4.69) is 15.6 Å². The average molecular weight is 577 g/mol. The second-order valence-corrected chi connectivity index (χ2v) is 11.8. The highest BCUT2D eigenvalue weighted by molar-refractivity contribution is 6.36. The summed E-state index contributed by atoms with van der Waals surface area (Å²) in [5.74, 6) is -1.66. The summed E-state index contributed by atoms with van der Waals surface area (Å²) in [4.78, 5) is 57.5. The number of likely N-dealkylation sites (tertiary alicyclic amines) is 1. The Morgan fingerprint density at radius 2 is 1.90 bits per heavy atom. The van der Waals surface area contributed by atoms with E-state index in [0.29, 0.717) is 30.2 Å². The number of benzene rings is 2. The van der Waals surface area contributed by atoms with Crippen LogP contribution in [0.1, 0.15) is 42.6 Å². The standard InChI is InChI=1S/C31H33ClN4O5/c32-23-10-9-20(17-5-2-1-3-6-17)27-22(23)14-25(34-27)31(41)36-15-19-7-4-8-21(19)28(36)30(40)35-24(26(38)16-37)13-18-11-12-33-29(18)39/h1-3,5-6,9-10,14,18-19,21,24,28,34,37H,4,7-8,11-13,15-16H2,(H,33,39)(H,35,40)/t18-,19-,21-,24-,28-/m0/s1. The number of rotatable bonds is 8. The molecule has 9 nitrogen and oxygen atoms in total. The van der Waals surface area contributed by atoms with Crippen LogP contribution in [-0.4, -0.2) is 70.3 Å². The molecule has 2 aliphatic heterocycles. The molecule has 0 spiro atoms. The Bertz CT molecular complexity index is 1500. The normalized spacial score (nSPS) is 24.3. The van der Waals surface area contributed by atoms with E-state index in [9.17, 15) is 24.3 Å². The predicted molar refractivity (Wildman–Crippen MR) is 154 cm³/mol. The van der Waals surface area contributed by atoms with Crippen LogP contribution in [0.25, 0.3) is 22.0 Å². The monoisotopic (exact) mass is 576 g/mol. The quantitative estimate of drug-likeness (QED) is 0.327. The minimum Gasteiger partial charge on any atom is -0.389 e. The smallest absolute Gasteiger partial charge is 0.271 e. The third-order valence-electron chi connectivity index (χ3n) is 9.02. The Morgan fingerprint density at radius 3 is 2.63 bits per heavy atom. The number of halogens is 1. The van der Waals surface area contributed by atoms with Crippen molar-refractivity contribution in [3.63, 3.8) is 0 Å². The van der Waals surface area contributed by atoms with Crippen LogP contribution in [-0.2, 0) is 14.4 Å². The van der Waals surface area contributed by atoms with Gasteiger partial charge < -0.3 is 25.6 Å². The predicted octanol–water partition coefficient (Wildman–Crippen LogP) is 3.30. The molecule has 2 aromatic carbocycles. The zero-order valence-corrected chi connectivity index (χ0v) is 23.3. The summed E-state index contributed by atoms with van der Waals surface area (Å²) in [6, 6.07) is 13.5. The van der Waals surface area contributed by atoms with Gasteiger partial charge in [0.2, 0.25) is 11.8 Å². The van der Waals surface area contributed by atoms with Gasteiger partial charge in [0.25, 0.3) is 5.91 Å². The minimum absolute atomic E-state index is 0.0218. The molecule has 6 rings (SSSR count). The SMILES string of the molecule is O=C1NCC[C@H]1C[C@H](NC(=O)[C@@H]1[C@H]2CCC[C@H]2CN1C(=O)c1cc2c(Cl)ccc(-c3ccccc3)c2[nH]1)C(=O)CO. The maximum absolute atomic E-state index is 14.0. The minimum atomic E-state index is -1.00. The molecule has 2 saturated heterocycles. The number of ketones is 1. The lowest BCUT2D eigenvalue weighted by molar-refractivity contribution is -0.133. The van der Waals surface area contributed by atoms with Crippen LogP contribution in [0.15, 0.2) is 48.5 Å². The fraction of sp³-hybridized carbons (Fsp3) is 0.419. The summed E-state index contributed by atoms with van der Waals surface area (Å²) in [6.07, 6.45) is 3.40. The number of Topliss-reactive ketones (excluding diaryl/α,β-unsaturated/α-hetero) is 1. The first kappa shape index (κ1) is 27.5. The van der Waals surface area contributed by atoms with Gasteiger partial charge in [-0.15, -0.1) is 0 Å². The van der Waals surface area contributed by atoms with Crippen LogP contribution in [0.3, 0.4) is 0 Å². The molecule has 1 saturated carbocycles. The highest BCUT2D eigenvalue weighted by Gasteiger charge is 2.50. The van der Waals surface area contributed by atoms with E-state index < -0.39 is 36.3 Å². The zero-order valence-electron chi connectivity index (χ0n) is 22.6. The molecule has 1 aliphatic carbocycles. The molecule has 4 N–H and O–H groups in total. The molecule has 0 bridgehead atoms. The lowest BCUT2D eigenvalue weighted by atomic mass is 9.92. The van der Waals surface area contributed by atoms with E-state index in [1.165, 1.54) is 0 Å². The van der Waals surface area contributed by atoms with Crippen molar-refractivity contribution in [1.82, 2.24) is 20.5 Å². The van der Waals surface area contributed by atoms with Gasteiger partial charge in [-0.25, -0.2) is 0 Å². The highest BCUT2D eigenvalue weighted by atomic mass is 35.5. The largest absolute Gasteiger partial charge is 0.389 e. The first-order chi connectivity index (χ1) is 19.9. The Hall–Kier alpha value is -3.69. The maximum Gasteiger partial charge on any atom is 0.271 e. The Kier molecular flexibility index (Phi) is 7.57. The van der Waals surface area contributed by atoms with Crippen molar-refractivity contribution >= 4 is 46.0 Å². The van der Waals surface area contributed by atoms with Gasteiger partial charge in [-0.1, -0.05) is 54.4 Å². The van der Waals surface area contributed by atoms with Crippen LogP contribution in [0.4, 0.5) is 0 Å². The highest BCUT2D eigenvalue weighted by Crippen LogP contribution is 2.43. The van der Waals surface area contributed by atoms with Gasteiger partial charge in [-0.2, -0.15) is 0 Å². The van der Waals surface area contributed by atoms with Crippen LogP contribution < -0.4 is 10.6 Å². The second kappa shape index (κ2) is 11.3. The molecule has 3 aromatic rings. The molecule has 214 valence electrons. The molecule has 3 amide bonds. The summed E-state index contributed by atoms with van der Waals surface area (Å²) in [5, 5.41) is 16.4. The van der Waals surface area contributed by atoms with Gasteiger partial charge in [0.1, 0.15) is 18.3 Å². The topological polar surface area (TPSA) is 132 Å². The van der Waals surface area contributed by atoms with Crippen molar-refractivity contribution in [2.75, 3.05) is 19.7 Å². The molecule has 3 fully saturated rings. The number of hydrogen-bond acceptors (Lipinski definition) is 5. The number of aliphatic hydroxyl groups excluding tert-OH is 1. The fourth-order valence-electron chi connectivity index (χ4n) is 6.96. The molecule has 3 heterocycles. The van der Waals surface area contributed by atoms with Gasteiger partial charge in [-0.3, -0.25) is 19.2 Å². The lowest BCUT2D eigenvalue weighted by Gasteiger charge is -2.29. The van der Waals surface area contributed by atoms with E-state index in [1.807, 2.05) is 42.5 Å². The fourth-order valence-corrected chi connectivity index (χ4v) is 7.17. The number of hydrogen-bond donors (Lipinski definition) is 4. The van der Waals surface area contributed by atoms with Gasteiger partial charge in [-0.05, 0) is 55.2 Å². The maximum atomic E-state index is 14.0. The van der Waals surface area contributed by atoms with Crippen molar-refractivity contribution < 1.29 is 24.3 Å². The number of aliphatic hydroxyl groups is 1. The summed E-state index contributed by atoms with van der Waals surface area (Å²) in [5.41, 5.74) is 2.99. The number of aromatic amines is 1. The van der Waals surface area contributed by atoms with Gasteiger partial charge in [0.15, 0.2) is 5.78 Å². The molecule has 0 unspecified atom stereocenters.